The highest BCUT2D eigenvalue weighted by atomic mass is 16.5. The molecule has 0 spiro atoms. The molecule has 5 heteroatoms. The van der Waals surface area contributed by atoms with Gasteiger partial charge in [0.25, 0.3) is 0 Å². The monoisotopic (exact) mass is 486 g/mol. The van der Waals surface area contributed by atoms with Crippen LogP contribution in [0.25, 0.3) is 0 Å². The number of rotatable bonds is 9. The van der Waals surface area contributed by atoms with E-state index in [1.54, 1.807) is 0 Å². The summed E-state index contributed by atoms with van der Waals surface area (Å²) in [6.07, 6.45) is 1.39. The van der Waals surface area contributed by atoms with Gasteiger partial charge in [-0.3, -0.25) is 9.59 Å². The van der Waals surface area contributed by atoms with Crippen LogP contribution in [-0.2, 0) is 34.0 Å². The summed E-state index contributed by atoms with van der Waals surface area (Å²) in [5.41, 5.74) is 5.64. The minimum absolute atomic E-state index is 0.163. The molecule has 1 unspecified atom stereocenters. The first-order valence-electron chi connectivity index (χ1n) is 12.5. The lowest BCUT2D eigenvalue weighted by molar-refractivity contribution is -0.147. The van der Waals surface area contributed by atoms with Crippen molar-refractivity contribution in [3.63, 3.8) is 0 Å². The zero-order chi connectivity index (χ0) is 25.7. The standard InChI is InChI=1S/C31H34O5/c1-21-22(2)30-27(23(3)29(21)35-20-25-13-9-6-10-14-25)15-16-31(4,36-30)18-26(32)17-28(33)34-19-24-11-7-5-8-12-24/h5-14H,15-20H2,1-4H3. The lowest BCUT2D eigenvalue weighted by atomic mass is 9.84. The largest absolute Gasteiger partial charge is 0.488 e. The van der Waals surface area contributed by atoms with Crippen LogP contribution >= 0.6 is 0 Å². The van der Waals surface area contributed by atoms with Crippen molar-refractivity contribution >= 4 is 11.8 Å². The first-order valence-corrected chi connectivity index (χ1v) is 12.5. The van der Waals surface area contributed by atoms with Crippen LogP contribution in [0.3, 0.4) is 0 Å². The van der Waals surface area contributed by atoms with E-state index in [0.717, 1.165) is 51.3 Å². The minimum Gasteiger partial charge on any atom is -0.488 e. The Bertz CT molecular complexity index is 1230. The number of hydrogen-bond donors (Lipinski definition) is 0. The number of Topliss-reactive ketones (excluding diaryl/α,β-unsaturated/α-hetero) is 1. The second-order valence-electron chi connectivity index (χ2n) is 9.88. The third-order valence-electron chi connectivity index (χ3n) is 6.94. The van der Waals surface area contributed by atoms with Gasteiger partial charge >= 0.3 is 5.97 Å². The summed E-state index contributed by atoms with van der Waals surface area (Å²) >= 11 is 0. The zero-order valence-electron chi connectivity index (χ0n) is 21.6. The molecule has 3 aromatic carbocycles. The summed E-state index contributed by atoms with van der Waals surface area (Å²) in [7, 11) is 0. The summed E-state index contributed by atoms with van der Waals surface area (Å²) < 4.78 is 18.0. The van der Waals surface area contributed by atoms with Crippen molar-refractivity contribution in [2.24, 2.45) is 0 Å². The van der Waals surface area contributed by atoms with Crippen LogP contribution < -0.4 is 9.47 Å². The summed E-state index contributed by atoms with van der Waals surface area (Å²) in [5.74, 6) is 1.06. The molecule has 1 aliphatic rings. The third-order valence-corrected chi connectivity index (χ3v) is 6.94. The Morgan fingerprint density at radius 2 is 1.47 bits per heavy atom. The molecular formula is C31H34O5. The highest BCUT2D eigenvalue weighted by Crippen LogP contribution is 2.44. The molecule has 0 saturated heterocycles. The van der Waals surface area contributed by atoms with Gasteiger partial charge in [0.05, 0.1) is 0 Å². The number of hydrogen-bond acceptors (Lipinski definition) is 5. The van der Waals surface area contributed by atoms with Gasteiger partial charge < -0.3 is 14.2 Å². The van der Waals surface area contributed by atoms with E-state index in [1.807, 2.05) is 69.3 Å². The van der Waals surface area contributed by atoms with Crippen molar-refractivity contribution in [2.45, 2.75) is 72.2 Å². The molecule has 4 rings (SSSR count). The van der Waals surface area contributed by atoms with Gasteiger partial charge in [-0.1, -0.05) is 60.7 Å². The zero-order valence-corrected chi connectivity index (χ0v) is 21.6. The Balaban J connectivity index is 1.40. The molecule has 1 aliphatic heterocycles. The maximum Gasteiger partial charge on any atom is 0.313 e. The van der Waals surface area contributed by atoms with E-state index in [1.165, 1.54) is 0 Å². The maximum atomic E-state index is 12.7. The van der Waals surface area contributed by atoms with Crippen molar-refractivity contribution in [3.05, 3.63) is 94.0 Å². The van der Waals surface area contributed by atoms with Gasteiger partial charge in [-0.15, -0.1) is 0 Å². The summed E-state index contributed by atoms with van der Waals surface area (Å²) in [6, 6.07) is 19.6. The molecule has 36 heavy (non-hydrogen) atoms. The fraction of sp³-hybridized carbons (Fsp3) is 0.355. The number of carbonyl (C=O) groups is 2. The molecule has 0 aromatic heterocycles. The second-order valence-corrected chi connectivity index (χ2v) is 9.88. The number of fused-ring (bicyclic) bond motifs is 1. The Morgan fingerprint density at radius 1 is 0.861 bits per heavy atom. The van der Waals surface area contributed by atoms with Crippen LogP contribution in [0.4, 0.5) is 0 Å². The summed E-state index contributed by atoms with van der Waals surface area (Å²) in [6.45, 7) is 8.79. The Kier molecular flexibility index (Phi) is 7.78. The van der Waals surface area contributed by atoms with Crippen LogP contribution in [0, 0.1) is 20.8 Å². The highest BCUT2D eigenvalue weighted by Gasteiger charge is 2.37. The normalized spacial score (nSPS) is 16.6. The first-order chi connectivity index (χ1) is 17.3. The summed E-state index contributed by atoms with van der Waals surface area (Å²) in [4.78, 5) is 25.0. The topological polar surface area (TPSA) is 61.8 Å². The Hall–Kier alpha value is -3.60. The van der Waals surface area contributed by atoms with Gasteiger partial charge in [0.2, 0.25) is 0 Å². The molecule has 1 atom stereocenters. The van der Waals surface area contributed by atoms with Crippen LogP contribution in [-0.4, -0.2) is 17.4 Å². The number of esters is 1. The predicted molar refractivity (Wildman–Crippen MR) is 139 cm³/mol. The van der Waals surface area contributed by atoms with Crippen LogP contribution in [0.2, 0.25) is 0 Å². The second kappa shape index (κ2) is 11.0. The van der Waals surface area contributed by atoms with Crippen LogP contribution in [0.1, 0.15) is 59.6 Å². The molecule has 1 heterocycles. The Morgan fingerprint density at radius 3 is 2.11 bits per heavy atom. The smallest absolute Gasteiger partial charge is 0.313 e. The molecule has 3 aromatic rings. The lowest BCUT2D eigenvalue weighted by Crippen LogP contribution is -2.39. The molecule has 0 bridgehead atoms. The lowest BCUT2D eigenvalue weighted by Gasteiger charge is -2.38. The van der Waals surface area contributed by atoms with Crippen molar-refractivity contribution in [2.75, 3.05) is 0 Å². The van der Waals surface area contributed by atoms with Crippen molar-refractivity contribution in [3.8, 4) is 11.5 Å². The average molecular weight is 487 g/mol. The van der Waals surface area contributed by atoms with E-state index in [2.05, 4.69) is 19.1 Å². The number of ketones is 1. The van der Waals surface area contributed by atoms with E-state index < -0.39 is 11.6 Å². The quantitative estimate of drug-likeness (QED) is 0.260. The first kappa shape index (κ1) is 25.5. The van der Waals surface area contributed by atoms with Crippen LogP contribution in [0.15, 0.2) is 60.7 Å². The van der Waals surface area contributed by atoms with Gasteiger partial charge in [-0.05, 0) is 68.4 Å². The third kappa shape index (κ3) is 5.96. The molecule has 5 nitrogen and oxygen atoms in total. The van der Waals surface area contributed by atoms with E-state index >= 15 is 0 Å². The van der Waals surface area contributed by atoms with E-state index in [9.17, 15) is 9.59 Å². The number of ether oxygens (including phenoxy) is 3. The van der Waals surface area contributed by atoms with E-state index in [4.69, 9.17) is 14.2 Å². The molecule has 0 aliphatic carbocycles. The predicted octanol–water partition coefficient (Wildman–Crippen LogP) is 6.37. The molecular weight excluding hydrogens is 452 g/mol. The highest BCUT2D eigenvalue weighted by molar-refractivity contribution is 5.96. The molecule has 0 radical (unpaired) electrons. The minimum atomic E-state index is -0.667. The van der Waals surface area contributed by atoms with Gasteiger partial charge in [0, 0.05) is 12.0 Å². The van der Waals surface area contributed by atoms with Gasteiger partial charge in [-0.25, -0.2) is 0 Å². The Labute approximate surface area is 213 Å². The van der Waals surface area contributed by atoms with Crippen molar-refractivity contribution in [1.29, 1.82) is 0 Å². The van der Waals surface area contributed by atoms with Crippen LogP contribution in [0.5, 0.6) is 11.5 Å². The molecule has 0 amide bonds. The molecule has 188 valence electrons. The van der Waals surface area contributed by atoms with Crippen molar-refractivity contribution < 1.29 is 23.8 Å². The molecule has 0 fully saturated rings. The van der Waals surface area contributed by atoms with Gasteiger partial charge in [0.1, 0.15) is 42.5 Å². The number of benzene rings is 3. The molecule has 0 N–H and O–H groups in total. The SMILES string of the molecule is Cc1c(C)c2c(c(C)c1OCc1ccccc1)CCC(C)(CC(=O)CC(=O)OCc1ccccc1)O2. The van der Waals surface area contributed by atoms with Gasteiger partial charge in [-0.2, -0.15) is 0 Å². The summed E-state index contributed by atoms with van der Waals surface area (Å²) in [5, 5.41) is 0. The van der Waals surface area contributed by atoms with E-state index in [0.29, 0.717) is 13.0 Å². The average Bonchev–Trinajstić information content (AvgIpc) is 2.87. The van der Waals surface area contributed by atoms with Gasteiger partial charge in [0.15, 0.2) is 0 Å². The molecule has 0 saturated carbocycles. The fourth-order valence-electron chi connectivity index (χ4n) is 4.78. The number of carbonyl (C=O) groups excluding carboxylic acids is 2. The van der Waals surface area contributed by atoms with E-state index in [-0.39, 0.29) is 25.2 Å². The fourth-order valence-corrected chi connectivity index (χ4v) is 4.78. The maximum absolute atomic E-state index is 12.7. The van der Waals surface area contributed by atoms with Crippen molar-refractivity contribution in [1.82, 2.24) is 0 Å².